The molecular weight excluding hydrogens is 480 g/mol. The molecule has 1 saturated heterocycles. The van der Waals surface area contributed by atoms with E-state index in [1.807, 2.05) is 39.9 Å². The Kier molecular flexibility index (Phi) is 8.01. The number of hydrogen-bond acceptors (Lipinski definition) is 6. The lowest BCUT2D eigenvalue weighted by Crippen LogP contribution is -2.46. The number of guanidine groups is 1. The number of imidazole rings is 1. The number of hydrogen-bond donors (Lipinski definition) is 4. The second kappa shape index (κ2) is 11.9. The lowest BCUT2D eigenvalue weighted by atomic mass is 10.0. The molecule has 2 aliphatic rings. The van der Waals surface area contributed by atoms with Gasteiger partial charge in [-0.25, -0.2) is 4.98 Å². The van der Waals surface area contributed by atoms with Crippen molar-refractivity contribution in [1.29, 1.82) is 0 Å². The first-order chi connectivity index (χ1) is 18.6. The van der Waals surface area contributed by atoms with Gasteiger partial charge >= 0.3 is 0 Å². The van der Waals surface area contributed by atoms with Gasteiger partial charge in [-0.2, -0.15) is 0 Å². The molecule has 10 nitrogen and oxygen atoms in total. The van der Waals surface area contributed by atoms with Crippen molar-refractivity contribution >= 4 is 29.6 Å². The monoisotopic (exact) mass is 514 g/mol. The molecule has 2 aliphatic heterocycles. The number of nitrogens with one attached hydrogen (secondary N) is 2. The minimum Gasteiger partial charge on any atom is -0.377 e. The van der Waals surface area contributed by atoms with Gasteiger partial charge in [-0.3, -0.25) is 14.4 Å². The van der Waals surface area contributed by atoms with E-state index in [2.05, 4.69) is 46.1 Å². The minimum absolute atomic E-state index is 0.0804. The fourth-order valence-corrected chi connectivity index (χ4v) is 4.54. The quantitative estimate of drug-likeness (QED) is 0.195. The SMILES string of the molecule is NC(N)=NCCCOCc1ccc(C2=Cn3cc(-c4ccc(C(=O)N5CCNCC5)cc4)nc3NC2)cc1. The summed E-state index contributed by atoms with van der Waals surface area (Å²) in [7, 11) is 0. The van der Waals surface area contributed by atoms with Gasteiger partial charge in [0, 0.05) is 69.4 Å². The Morgan fingerprint density at radius 2 is 1.76 bits per heavy atom. The molecular formula is C28H34N8O2. The summed E-state index contributed by atoms with van der Waals surface area (Å²) >= 11 is 0. The first kappa shape index (κ1) is 25.5. The summed E-state index contributed by atoms with van der Waals surface area (Å²) in [6, 6.07) is 16.1. The molecule has 1 fully saturated rings. The van der Waals surface area contributed by atoms with Crippen molar-refractivity contribution in [2.45, 2.75) is 13.0 Å². The smallest absolute Gasteiger partial charge is 0.253 e. The number of fused-ring (bicyclic) bond motifs is 1. The van der Waals surface area contributed by atoms with Crippen molar-refractivity contribution in [1.82, 2.24) is 19.8 Å². The Hall–Kier alpha value is -4.15. The molecule has 1 aromatic heterocycles. The molecule has 0 aliphatic carbocycles. The Labute approximate surface area is 222 Å². The summed E-state index contributed by atoms with van der Waals surface area (Å²) in [4.78, 5) is 23.4. The summed E-state index contributed by atoms with van der Waals surface area (Å²) < 4.78 is 7.73. The van der Waals surface area contributed by atoms with Crippen LogP contribution in [0, 0.1) is 0 Å². The second-order valence-electron chi connectivity index (χ2n) is 9.39. The zero-order valence-corrected chi connectivity index (χ0v) is 21.4. The molecule has 0 atom stereocenters. The van der Waals surface area contributed by atoms with Gasteiger partial charge in [0.15, 0.2) is 5.96 Å². The van der Waals surface area contributed by atoms with E-state index in [1.54, 1.807) is 0 Å². The summed E-state index contributed by atoms with van der Waals surface area (Å²) in [5.74, 6) is 0.992. The number of rotatable bonds is 9. The molecule has 2 aromatic carbocycles. The van der Waals surface area contributed by atoms with E-state index in [0.717, 1.165) is 60.9 Å². The Morgan fingerprint density at radius 1 is 1.03 bits per heavy atom. The number of ether oxygens (including phenoxy) is 1. The minimum atomic E-state index is 0.0804. The molecule has 0 bridgehead atoms. The number of piperazine rings is 1. The zero-order valence-electron chi connectivity index (χ0n) is 21.4. The van der Waals surface area contributed by atoms with Crippen LogP contribution in [0.2, 0.25) is 0 Å². The summed E-state index contributed by atoms with van der Waals surface area (Å²) in [6.45, 7) is 5.59. The maximum absolute atomic E-state index is 12.8. The number of carbonyl (C=O) groups is 1. The Bertz CT molecular complexity index is 1300. The third-order valence-corrected chi connectivity index (χ3v) is 6.63. The highest BCUT2D eigenvalue weighted by atomic mass is 16.5. The van der Waals surface area contributed by atoms with Crippen molar-refractivity contribution < 1.29 is 9.53 Å². The van der Waals surface area contributed by atoms with Crippen LogP contribution >= 0.6 is 0 Å². The van der Waals surface area contributed by atoms with E-state index in [1.165, 1.54) is 5.57 Å². The number of nitrogens with zero attached hydrogens (tertiary/aromatic N) is 4. The molecule has 198 valence electrons. The number of anilines is 1. The van der Waals surface area contributed by atoms with Gasteiger partial charge in [0.25, 0.3) is 5.91 Å². The van der Waals surface area contributed by atoms with Gasteiger partial charge in [-0.15, -0.1) is 0 Å². The zero-order chi connectivity index (χ0) is 26.3. The first-order valence-corrected chi connectivity index (χ1v) is 12.9. The predicted molar refractivity (Wildman–Crippen MR) is 150 cm³/mol. The van der Waals surface area contributed by atoms with Crippen LogP contribution < -0.4 is 22.1 Å². The van der Waals surface area contributed by atoms with Gasteiger partial charge in [-0.1, -0.05) is 36.4 Å². The highest BCUT2D eigenvalue weighted by Crippen LogP contribution is 2.28. The van der Waals surface area contributed by atoms with E-state index >= 15 is 0 Å². The van der Waals surface area contributed by atoms with E-state index < -0.39 is 0 Å². The van der Waals surface area contributed by atoms with Crippen LogP contribution in [0.5, 0.6) is 0 Å². The average Bonchev–Trinajstić information content (AvgIpc) is 3.39. The molecule has 1 amide bonds. The Balaban J connectivity index is 1.20. The molecule has 10 heteroatoms. The molecule has 3 aromatic rings. The second-order valence-corrected chi connectivity index (χ2v) is 9.39. The predicted octanol–water partition coefficient (Wildman–Crippen LogP) is 2.20. The van der Waals surface area contributed by atoms with Crippen molar-refractivity contribution in [3.63, 3.8) is 0 Å². The Morgan fingerprint density at radius 3 is 2.50 bits per heavy atom. The third kappa shape index (κ3) is 6.21. The van der Waals surface area contributed by atoms with Crippen molar-refractivity contribution in [2.75, 3.05) is 51.2 Å². The standard InChI is InChI=1S/C28H34N8O2/c29-27(30)32-10-1-15-38-19-20-2-4-21(5-3-20)24-16-33-28-34-25(18-36(28)17-24)22-6-8-23(9-7-22)26(37)35-13-11-31-12-14-35/h2-9,17-18,31H,1,10-16,19H2,(H,33,34)(H4,29,30,32). The number of aliphatic imine (C=N–C) groups is 1. The van der Waals surface area contributed by atoms with Crippen LogP contribution in [0.1, 0.15) is 27.9 Å². The average molecular weight is 515 g/mol. The number of nitrogens with two attached hydrogens (primary N) is 2. The maximum Gasteiger partial charge on any atom is 0.253 e. The van der Waals surface area contributed by atoms with E-state index in [-0.39, 0.29) is 11.9 Å². The molecule has 0 radical (unpaired) electrons. The van der Waals surface area contributed by atoms with Crippen LogP contribution in [0.25, 0.3) is 23.0 Å². The lowest BCUT2D eigenvalue weighted by molar-refractivity contribution is 0.0736. The summed E-state index contributed by atoms with van der Waals surface area (Å²) in [5.41, 5.74) is 16.6. The van der Waals surface area contributed by atoms with E-state index in [0.29, 0.717) is 31.9 Å². The normalized spacial score (nSPS) is 14.8. The molecule has 0 unspecified atom stereocenters. The van der Waals surface area contributed by atoms with Gasteiger partial charge in [0.05, 0.1) is 12.3 Å². The fourth-order valence-electron chi connectivity index (χ4n) is 4.54. The van der Waals surface area contributed by atoms with Crippen LogP contribution in [-0.4, -0.2) is 72.2 Å². The van der Waals surface area contributed by atoms with E-state index in [4.69, 9.17) is 21.2 Å². The van der Waals surface area contributed by atoms with Crippen molar-refractivity contribution in [3.05, 3.63) is 71.4 Å². The third-order valence-electron chi connectivity index (χ3n) is 6.63. The maximum atomic E-state index is 12.8. The summed E-state index contributed by atoms with van der Waals surface area (Å²) in [6.07, 6.45) is 4.90. The lowest BCUT2D eigenvalue weighted by Gasteiger charge is -2.27. The van der Waals surface area contributed by atoms with Crippen LogP contribution in [0.15, 0.2) is 59.7 Å². The molecule has 38 heavy (non-hydrogen) atoms. The fraction of sp³-hybridized carbons (Fsp3) is 0.321. The topological polar surface area (TPSA) is 136 Å². The number of carbonyl (C=O) groups excluding carboxylic acids is 1. The van der Waals surface area contributed by atoms with Crippen LogP contribution in [0.4, 0.5) is 5.95 Å². The molecule has 6 N–H and O–H groups in total. The van der Waals surface area contributed by atoms with Crippen molar-refractivity contribution in [3.8, 4) is 11.3 Å². The van der Waals surface area contributed by atoms with Gasteiger partial charge < -0.3 is 31.7 Å². The number of benzene rings is 2. The highest BCUT2D eigenvalue weighted by Gasteiger charge is 2.19. The highest BCUT2D eigenvalue weighted by molar-refractivity contribution is 5.94. The molecule has 0 spiro atoms. The summed E-state index contributed by atoms with van der Waals surface area (Å²) in [5, 5.41) is 6.69. The number of amides is 1. The van der Waals surface area contributed by atoms with Gasteiger partial charge in [0.2, 0.25) is 5.95 Å². The first-order valence-electron chi connectivity index (χ1n) is 12.9. The molecule has 0 saturated carbocycles. The largest absolute Gasteiger partial charge is 0.377 e. The van der Waals surface area contributed by atoms with Crippen LogP contribution in [-0.2, 0) is 11.3 Å². The van der Waals surface area contributed by atoms with Crippen LogP contribution in [0.3, 0.4) is 0 Å². The number of aromatic nitrogens is 2. The van der Waals surface area contributed by atoms with Crippen molar-refractivity contribution in [2.24, 2.45) is 16.5 Å². The van der Waals surface area contributed by atoms with Gasteiger partial charge in [-0.05, 0) is 35.3 Å². The molecule has 5 rings (SSSR count). The van der Waals surface area contributed by atoms with Gasteiger partial charge in [0.1, 0.15) is 0 Å². The van der Waals surface area contributed by atoms with E-state index in [9.17, 15) is 4.79 Å². The molecule has 3 heterocycles.